The Hall–Kier alpha value is -2.07. The molecule has 1 aromatic heterocycles. The number of aromatic nitrogens is 1. The highest BCUT2D eigenvalue weighted by atomic mass is 16.5. The van der Waals surface area contributed by atoms with Crippen LogP contribution in [-0.2, 0) is 9.53 Å². The van der Waals surface area contributed by atoms with Crippen LogP contribution in [0.15, 0.2) is 35.9 Å². The molecule has 2 aliphatic rings. The van der Waals surface area contributed by atoms with Crippen molar-refractivity contribution in [3.63, 3.8) is 0 Å². The summed E-state index contributed by atoms with van der Waals surface area (Å²) in [6.45, 7) is 2.98. The zero-order valence-electron chi connectivity index (χ0n) is 13.8. The first-order valence-electron chi connectivity index (χ1n) is 8.19. The Morgan fingerprint density at radius 2 is 2.17 bits per heavy atom. The molecule has 4 rings (SSSR count). The lowest BCUT2D eigenvalue weighted by molar-refractivity contribution is -0.144. The molecule has 2 aromatic rings. The zero-order chi connectivity index (χ0) is 16.1. The van der Waals surface area contributed by atoms with Crippen molar-refractivity contribution in [3.8, 4) is 0 Å². The number of nitrogens with one attached hydrogen (secondary N) is 1. The fourth-order valence-electron chi connectivity index (χ4n) is 4.47. The van der Waals surface area contributed by atoms with E-state index >= 15 is 0 Å². The predicted octanol–water partition coefficient (Wildman–Crippen LogP) is 3.38. The summed E-state index contributed by atoms with van der Waals surface area (Å²) < 4.78 is 5.18. The summed E-state index contributed by atoms with van der Waals surface area (Å²) in [5.74, 6) is -0.0917. The van der Waals surface area contributed by atoms with Crippen LogP contribution >= 0.6 is 0 Å². The third-order valence-electron chi connectivity index (χ3n) is 5.57. The number of para-hydroxylation sites is 1. The summed E-state index contributed by atoms with van der Waals surface area (Å²) in [5.41, 5.74) is 4.78. The Labute approximate surface area is 136 Å². The minimum absolute atomic E-state index is 0.122. The average molecular weight is 310 g/mol. The van der Waals surface area contributed by atoms with Gasteiger partial charge in [-0.15, -0.1) is 0 Å². The van der Waals surface area contributed by atoms with Crippen LogP contribution in [0.2, 0.25) is 0 Å². The number of allylic oxidation sites excluding steroid dienone is 1. The Morgan fingerprint density at radius 1 is 1.39 bits per heavy atom. The fraction of sp³-hybridized carbons (Fsp3) is 0.421. The number of piperidine rings is 1. The first-order valence-corrected chi connectivity index (χ1v) is 8.19. The van der Waals surface area contributed by atoms with Gasteiger partial charge in [-0.1, -0.05) is 29.8 Å². The number of aromatic amines is 1. The van der Waals surface area contributed by atoms with Gasteiger partial charge in [0.05, 0.1) is 19.1 Å². The number of likely N-dealkylation sites (N-methyl/N-ethyl adjacent to an activating group) is 1. The molecule has 0 spiro atoms. The van der Waals surface area contributed by atoms with E-state index in [9.17, 15) is 4.79 Å². The third-order valence-corrected chi connectivity index (χ3v) is 5.57. The Bertz CT molecular complexity index is 805. The summed E-state index contributed by atoms with van der Waals surface area (Å²) in [5, 5.41) is 1.15. The van der Waals surface area contributed by atoms with Crippen molar-refractivity contribution in [2.75, 3.05) is 20.7 Å². The van der Waals surface area contributed by atoms with Gasteiger partial charge in [-0.25, -0.2) is 0 Å². The van der Waals surface area contributed by atoms with E-state index in [0.29, 0.717) is 6.04 Å². The number of nitrogens with zero attached hydrogens (tertiary/aromatic N) is 1. The number of hydrogen-bond donors (Lipinski definition) is 1. The van der Waals surface area contributed by atoms with Gasteiger partial charge in [-0.3, -0.25) is 9.69 Å². The molecule has 3 atom stereocenters. The summed E-state index contributed by atoms with van der Waals surface area (Å²) in [4.78, 5) is 18.6. The lowest BCUT2D eigenvalue weighted by atomic mass is 9.68. The number of ether oxygens (including phenoxy) is 1. The SMILES string of the molecule is C/C=C1/CN(C)[C@@H]2C[C@H]1[C@@H](C(=O)OC)c1c2[nH]c2ccccc12. The molecular weight excluding hydrogens is 288 g/mol. The molecule has 0 unspecified atom stereocenters. The zero-order valence-corrected chi connectivity index (χ0v) is 13.8. The van der Waals surface area contributed by atoms with Gasteiger partial charge in [-0.2, -0.15) is 0 Å². The monoisotopic (exact) mass is 310 g/mol. The van der Waals surface area contributed by atoms with Gasteiger partial charge in [0.2, 0.25) is 0 Å². The lowest BCUT2D eigenvalue weighted by Gasteiger charge is -2.45. The topological polar surface area (TPSA) is 45.3 Å². The van der Waals surface area contributed by atoms with Gasteiger partial charge >= 0.3 is 5.97 Å². The van der Waals surface area contributed by atoms with Crippen LogP contribution in [0, 0.1) is 5.92 Å². The van der Waals surface area contributed by atoms with Gasteiger partial charge in [0.15, 0.2) is 0 Å². The smallest absolute Gasteiger partial charge is 0.313 e. The molecule has 4 heteroatoms. The number of methoxy groups -OCH3 is 1. The van der Waals surface area contributed by atoms with E-state index in [2.05, 4.69) is 42.1 Å². The van der Waals surface area contributed by atoms with Crippen molar-refractivity contribution in [1.82, 2.24) is 9.88 Å². The first-order chi connectivity index (χ1) is 11.2. The predicted molar refractivity (Wildman–Crippen MR) is 90.3 cm³/mol. The van der Waals surface area contributed by atoms with Crippen LogP contribution in [0.1, 0.15) is 36.6 Å². The molecule has 4 nitrogen and oxygen atoms in total. The maximum Gasteiger partial charge on any atom is 0.313 e. The van der Waals surface area contributed by atoms with Gasteiger partial charge in [0.25, 0.3) is 0 Å². The molecule has 0 radical (unpaired) electrons. The van der Waals surface area contributed by atoms with Crippen molar-refractivity contribution >= 4 is 16.9 Å². The normalized spacial score (nSPS) is 28.8. The second-order valence-electron chi connectivity index (χ2n) is 6.64. The van der Waals surface area contributed by atoms with E-state index in [1.54, 1.807) is 0 Å². The van der Waals surface area contributed by atoms with E-state index in [1.165, 1.54) is 18.4 Å². The van der Waals surface area contributed by atoms with E-state index in [0.717, 1.165) is 29.4 Å². The standard InChI is InChI=1S/C19H22N2O2/c1-4-11-10-21(2)15-9-13(11)17(19(22)23-3)16-12-7-5-6-8-14(12)20-18(15)16/h4-8,13,15,17,20H,9-10H2,1-3H3/b11-4-/t13-,15-,17-/m1/s1. The molecule has 120 valence electrons. The highest BCUT2D eigenvalue weighted by Crippen LogP contribution is 2.52. The van der Waals surface area contributed by atoms with Crippen LogP contribution in [0.5, 0.6) is 0 Å². The fourth-order valence-corrected chi connectivity index (χ4v) is 4.47. The number of fused-ring (bicyclic) bond motifs is 6. The lowest BCUT2D eigenvalue weighted by Crippen LogP contribution is -2.43. The average Bonchev–Trinajstić information content (AvgIpc) is 2.96. The number of rotatable bonds is 1. The minimum Gasteiger partial charge on any atom is -0.469 e. The molecule has 1 saturated heterocycles. The van der Waals surface area contributed by atoms with Crippen LogP contribution in [-0.4, -0.2) is 36.6 Å². The summed E-state index contributed by atoms with van der Waals surface area (Å²) in [7, 11) is 3.66. The van der Waals surface area contributed by atoms with Gasteiger partial charge in [0, 0.05) is 29.1 Å². The van der Waals surface area contributed by atoms with Crippen molar-refractivity contribution in [2.45, 2.75) is 25.3 Å². The third kappa shape index (κ3) is 1.98. The molecule has 1 aromatic carbocycles. The number of benzene rings is 1. The van der Waals surface area contributed by atoms with E-state index in [4.69, 9.17) is 4.74 Å². The molecule has 1 aliphatic heterocycles. The maximum atomic E-state index is 12.6. The Balaban J connectivity index is 2.00. The van der Waals surface area contributed by atoms with Crippen molar-refractivity contribution in [1.29, 1.82) is 0 Å². The van der Waals surface area contributed by atoms with E-state index in [1.807, 2.05) is 12.1 Å². The second kappa shape index (κ2) is 5.24. The van der Waals surface area contributed by atoms with Crippen molar-refractivity contribution in [2.24, 2.45) is 5.92 Å². The molecule has 1 fully saturated rings. The molecule has 2 bridgehead atoms. The van der Waals surface area contributed by atoms with Crippen LogP contribution in [0.25, 0.3) is 10.9 Å². The number of carbonyl (C=O) groups excluding carboxylic acids is 1. The van der Waals surface area contributed by atoms with Crippen molar-refractivity contribution < 1.29 is 9.53 Å². The van der Waals surface area contributed by atoms with E-state index in [-0.39, 0.29) is 17.8 Å². The Kier molecular flexibility index (Phi) is 3.31. The summed E-state index contributed by atoms with van der Waals surface area (Å²) in [6.07, 6.45) is 3.14. The van der Waals surface area contributed by atoms with Crippen LogP contribution < -0.4 is 0 Å². The Morgan fingerprint density at radius 3 is 2.91 bits per heavy atom. The number of hydrogen-bond acceptors (Lipinski definition) is 3. The van der Waals surface area contributed by atoms with Gasteiger partial charge < -0.3 is 9.72 Å². The number of H-pyrrole nitrogens is 1. The molecular formula is C19H22N2O2. The maximum absolute atomic E-state index is 12.6. The quantitative estimate of drug-likeness (QED) is 0.649. The van der Waals surface area contributed by atoms with Gasteiger partial charge in [-0.05, 0) is 32.0 Å². The molecule has 0 amide bonds. The highest BCUT2D eigenvalue weighted by Gasteiger charge is 2.47. The van der Waals surface area contributed by atoms with E-state index < -0.39 is 0 Å². The second-order valence-corrected chi connectivity index (χ2v) is 6.64. The largest absolute Gasteiger partial charge is 0.469 e. The highest BCUT2D eigenvalue weighted by molar-refractivity contribution is 5.92. The van der Waals surface area contributed by atoms with Crippen LogP contribution in [0.4, 0.5) is 0 Å². The molecule has 1 N–H and O–H groups in total. The number of esters is 1. The van der Waals surface area contributed by atoms with Crippen molar-refractivity contribution in [3.05, 3.63) is 47.2 Å². The molecule has 1 aliphatic carbocycles. The number of likely N-dealkylation sites (tertiary alicyclic amines) is 1. The number of carbonyl (C=O) groups is 1. The van der Waals surface area contributed by atoms with Gasteiger partial charge in [0.1, 0.15) is 0 Å². The first kappa shape index (κ1) is 14.5. The molecule has 0 saturated carbocycles. The molecule has 23 heavy (non-hydrogen) atoms. The minimum atomic E-state index is -0.206. The summed E-state index contributed by atoms with van der Waals surface area (Å²) in [6, 6.07) is 8.60. The molecule has 2 heterocycles. The summed E-state index contributed by atoms with van der Waals surface area (Å²) >= 11 is 0. The van der Waals surface area contributed by atoms with Crippen LogP contribution in [0.3, 0.4) is 0 Å².